The van der Waals surface area contributed by atoms with Crippen LogP contribution >= 0.6 is 11.8 Å². The fourth-order valence-electron chi connectivity index (χ4n) is 1.97. The molecular formula is C11H11N3O2S. The summed E-state index contributed by atoms with van der Waals surface area (Å²) >= 11 is 1.93. The van der Waals surface area contributed by atoms with Crippen LogP contribution in [0.1, 0.15) is 28.4 Å². The first-order valence-corrected chi connectivity index (χ1v) is 6.56. The van der Waals surface area contributed by atoms with Gasteiger partial charge in [-0.25, -0.2) is 14.3 Å². The number of rotatable bonds is 2. The Labute approximate surface area is 102 Å². The number of aromatic nitrogens is 3. The van der Waals surface area contributed by atoms with Gasteiger partial charge in [0.2, 0.25) is 0 Å². The number of aromatic carboxylic acids is 1. The van der Waals surface area contributed by atoms with Gasteiger partial charge in [0.25, 0.3) is 0 Å². The molecule has 5 nitrogen and oxygen atoms in total. The monoisotopic (exact) mass is 249 g/mol. The van der Waals surface area contributed by atoms with Gasteiger partial charge in [0.15, 0.2) is 5.65 Å². The van der Waals surface area contributed by atoms with E-state index in [9.17, 15) is 4.79 Å². The largest absolute Gasteiger partial charge is 0.478 e. The minimum Gasteiger partial charge on any atom is -0.478 e. The summed E-state index contributed by atoms with van der Waals surface area (Å²) in [5.41, 5.74) is 1.89. The minimum atomic E-state index is -0.979. The Morgan fingerprint density at radius 3 is 3.18 bits per heavy atom. The van der Waals surface area contributed by atoms with E-state index in [1.165, 1.54) is 18.1 Å². The van der Waals surface area contributed by atoms with E-state index < -0.39 is 5.97 Å². The molecular weight excluding hydrogens is 238 g/mol. The number of fused-ring (bicyclic) bond motifs is 1. The highest BCUT2D eigenvalue weighted by Crippen LogP contribution is 2.31. The van der Waals surface area contributed by atoms with Crippen molar-refractivity contribution < 1.29 is 9.90 Å². The summed E-state index contributed by atoms with van der Waals surface area (Å²) < 4.78 is 1.56. The third-order valence-corrected chi connectivity index (χ3v) is 4.09. The standard InChI is InChI=1S/C11H11N3O2S/c15-11(16)8-4-12-10-3-9(13-14(10)5-8)7-1-2-17-6-7/h3-5,7H,1-2,6H2,(H,15,16). The first-order chi connectivity index (χ1) is 8.24. The summed E-state index contributed by atoms with van der Waals surface area (Å²) in [7, 11) is 0. The molecule has 0 aromatic carbocycles. The average Bonchev–Trinajstić information content (AvgIpc) is 2.96. The normalized spacial score (nSPS) is 19.9. The summed E-state index contributed by atoms with van der Waals surface area (Å²) in [6.07, 6.45) is 4.02. The lowest BCUT2D eigenvalue weighted by molar-refractivity contribution is 0.0695. The Kier molecular flexibility index (Phi) is 2.51. The van der Waals surface area contributed by atoms with Crippen molar-refractivity contribution in [3.05, 3.63) is 29.7 Å². The molecule has 1 atom stereocenters. The molecule has 0 amide bonds. The average molecular weight is 249 g/mol. The molecule has 3 heterocycles. The Morgan fingerprint density at radius 1 is 1.59 bits per heavy atom. The Balaban J connectivity index is 2.03. The highest BCUT2D eigenvalue weighted by atomic mass is 32.2. The molecule has 1 unspecified atom stereocenters. The molecule has 17 heavy (non-hydrogen) atoms. The molecule has 2 aromatic rings. The predicted octanol–water partition coefficient (Wildman–Crippen LogP) is 1.65. The second kappa shape index (κ2) is 4.03. The highest BCUT2D eigenvalue weighted by molar-refractivity contribution is 7.99. The lowest BCUT2D eigenvalue weighted by atomic mass is 10.1. The quantitative estimate of drug-likeness (QED) is 0.876. The first-order valence-electron chi connectivity index (χ1n) is 5.40. The zero-order chi connectivity index (χ0) is 11.8. The van der Waals surface area contributed by atoms with Gasteiger partial charge >= 0.3 is 5.97 Å². The minimum absolute atomic E-state index is 0.160. The van der Waals surface area contributed by atoms with Gasteiger partial charge in [-0.2, -0.15) is 16.9 Å². The third kappa shape index (κ3) is 1.88. The van der Waals surface area contributed by atoms with Gasteiger partial charge in [-0.3, -0.25) is 0 Å². The van der Waals surface area contributed by atoms with Crippen LogP contribution in [0.15, 0.2) is 18.5 Å². The summed E-state index contributed by atoms with van der Waals surface area (Å²) in [6, 6.07) is 1.95. The molecule has 1 N–H and O–H groups in total. The van der Waals surface area contributed by atoms with Crippen molar-refractivity contribution >= 4 is 23.4 Å². The second-order valence-corrected chi connectivity index (χ2v) is 5.23. The van der Waals surface area contributed by atoms with Gasteiger partial charge in [-0.1, -0.05) is 0 Å². The molecule has 0 saturated carbocycles. The second-order valence-electron chi connectivity index (χ2n) is 4.08. The number of hydrogen-bond donors (Lipinski definition) is 1. The maximum absolute atomic E-state index is 10.8. The number of nitrogens with zero attached hydrogens (tertiary/aromatic N) is 3. The Bertz CT molecular complexity index is 575. The fourth-order valence-corrected chi connectivity index (χ4v) is 3.21. The smallest absolute Gasteiger partial charge is 0.338 e. The SMILES string of the molecule is O=C(O)c1cnc2cc(C3CCSC3)nn2c1. The number of thioether (sulfide) groups is 1. The van der Waals surface area contributed by atoms with E-state index in [4.69, 9.17) is 5.11 Å². The van der Waals surface area contributed by atoms with E-state index in [1.807, 2.05) is 17.8 Å². The molecule has 2 aromatic heterocycles. The molecule has 1 saturated heterocycles. The molecule has 3 rings (SSSR count). The number of carboxylic acids is 1. The predicted molar refractivity (Wildman–Crippen MR) is 64.6 cm³/mol. The van der Waals surface area contributed by atoms with Crippen LogP contribution in [0.2, 0.25) is 0 Å². The molecule has 0 aliphatic carbocycles. The highest BCUT2D eigenvalue weighted by Gasteiger charge is 2.20. The van der Waals surface area contributed by atoms with Gasteiger partial charge < -0.3 is 5.11 Å². The van der Waals surface area contributed by atoms with Crippen LogP contribution in [0.5, 0.6) is 0 Å². The fraction of sp³-hybridized carbons (Fsp3) is 0.364. The van der Waals surface area contributed by atoms with Crippen LogP contribution in [0.25, 0.3) is 5.65 Å². The van der Waals surface area contributed by atoms with Crippen LogP contribution in [0.3, 0.4) is 0 Å². The van der Waals surface area contributed by atoms with Crippen molar-refractivity contribution in [3.63, 3.8) is 0 Å². The third-order valence-electron chi connectivity index (χ3n) is 2.93. The van der Waals surface area contributed by atoms with Crippen molar-refractivity contribution in [3.8, 4) is 0 Å². The molecule has 0 radical (unpaired) electrons. The van der Waals surface area contributed by atoms with Crippen LogP contribution in [-0.4, -0.2) is 37.2 Å². The molecule has 88 valence electrons. The topological polar surface area (TPSA) is 67.5 Å². The van der Waals surface area contributed by atoms with Crippen molar-refractivity contribution in [1.29, 1.82) is 0 Å². The molecule has 0 spiro atoms. The van der Waals surface area contributed by atoms with Crippen molar-refractivity contribution in [2.75, 3.05) is 11.5 Å². The van der Waals surface area contributed by atoms with Crippen molar-refractivity contribution in [2.45, 2.75) is 12.3 Å². The number of carboxylic acid groups (broad SMARTS) is 1. The molecule has 0 bridgehead atoms. The van der Waals surface area contributed by atoms with E-state index in [2.05, 4.69) is 10.1 Å². The van der Waals surface area contributed by atoms with Crippen LogP contribution < -0.4 is 0 Å². The Morgan fingerprint density at radius 2 is 2.47 bits per heavy atom. The lowest BCUT2D eigenvalue weighted by Crippen LogP contribution is -2.02. The van der Waals surface area contributed by atoms with Gasteiger partial charge in [-0.15, -0.1) is 0 Å². The summed E-state index contributed by atoms with van der Waals surface area (Å²) in [5, 5.41) is 13.3. The van der Waals surface area contributed by atoms with E-state index in [-0.39, 0.29) is 5.56 Å². The maximum atomic E-state index is 10.8. The van der Waals surface area contributed by atoms with Gasteiger partial charge in [-0.05, 0) is 12.2 Å². The molecule has 1 aliphatic heterocycles. The zero-order valence-corrected chi connectivity index (χ0v) is 9.85. The van der Waals surface area contributed by atoms with Gasteiger partial charge in [0.1, 0.15) is 0 Å². The summed E-state index contributed by atoms with van der Waals surface area (Å²) in [5.74, 6) is 1.77. The van der Waals surface area contributed by atoms with Crippen LogP contribution in [0.4, 0.5) is 0 Å². The van der Waals surface area contributed by atoms with E-state index in [0.29, 0.717) is 11.6 Å². The van der Waals surface area contributed by atoms with E-state index in [0.717, 1.165) is 17.9 Å². The first kappa shape index (κ1) is 10.6. The van der Waals surface area contributed by atoms with E-state index >= 15 is 0 Å². The van der Waals surface area contributed by atoms with Crippen molar-refractivity contribution in [2.24, 2.45) is 0 Å². The summed E-state index contributed by atoms with van der Waals surface area (Å²) in [6.45, 7) is 0. The van der Waals surface area contributed by atoms with Gasteiger partial charge in [0.05, 0.1) is 11.3 Å². The van der Waals surface area contributed by atoms with Crippen molar-refractivity contribution in [1.82, 2.24) is 14.6 Å². The lowest BCUT2D eigenvalue weighted by Gasteiger charge is -2.01. The van der Waals surface area contributed by atoms with Crippen LogP contribution in [-0.2, 0) is 0 Å². The molecule has 6 heteroatoms. The van der Waals surface area contributed by atoms with E-state index in [1.54, 1.807) is 4.52 Å². The number of carbonyl (C=O) groups is 1. The Hall–Kier alpha value is -1.56. The summed E-state index contributed by atoms with van der Waals surface area (Å²) in [4.78, 5) is 14.9. The van der Waals surface area contributed by atoms with Gasteiger partial charge in [0, 0.05) is 30.1 Å². The molecule has 1 aliphatic rings. The molecule has 1 fully saturated rings. The van der Waals surface area contributed by atoms with Crippen LogP contribution in [0, 0.1) is 0 Å². The zero-order valence-electron chi connectivity index (χ0n) is 9.04. The maximum Gasteiger partial charge on any atom is 0.338 e. The number of hydrogen-bond acceptors (Lipinski definition) is 4.